The van der Waals surface area contributed by atoms with Gasteiger partial charge >= 0.3 is 0 Å². The van der Waals surface area contributed by atoms with E-state index in [1.165, 1.54) is 25.1 Å². The second kappa shape index (κ2) is 9.37. The summed E-state index contributed by atoms with van der Waals surface area (Å²) in [5.41, 5.74) is 4.43. The maximum absolute atomic E-state index is 11.1. The molecule has 28 heavy (non-hydrogen) atoms. The van der Waals surface area contributed by atoms with Crippen LogP contribution in [0.2, 0.25) is 0 Å². The van der Waals surface area contributed by atoms with Crippen LogP contribution in [0.4, 0.5) is 11.4 Å². The molecule has 2 amide bonds. The first-order valence-corrected chi connectivity index (χ1v) is 9.67. The van der Waals surface area contributed by atoms with Crippen molar-refractivity contribution in [2.75, 3.05) is 36.4 Å². The molecule has 2 N–H and O–H groups in total. The number of carbonyl (C=O) groups excluding carboxylic acids is 2. The maximum Gasteiger partial charge on any atom is 0.221 e. The zero-order valence-corrected chi connectivity index (χ0v) is 16.6. The number of nitrogens with zero attached hydrogens (tertiary/aromatic N) is 2. The molecule has 0 unspecified atom stereocenters. The Morgan fingerprint density at radius 2 is 1.43 bits per heavy atom. The van der Waals surface area contributed by atoms with Crippen LogP contribution < -0.4 is 15.5 Å². The smallest absolute Gasteiger partial charge is 0.221 e. The molecule has 1 saturated heterocycles. The van der Waals surface area contributed by atoms with Crippen molar-refractivity contribution in [3.05, 3.63) is 59.7 Å². The summed E-state index contributed by atoms with van der Waals surface area (Å²) in [5, 5.41) is 5.62. The molecule has 1 fully saturated rings. The first-order valence-electron chi connectivity index (χ1n) is 9.67. The Bertz CT molecular complexity index is 794. The van der Waals surface area contributed by atoms with Gasteiger partial charge < -0.3 is 15.5 Å². The molecule has 3 rings (SSSR count). The molecule has 2 aromatic rings. The summed E-state index contributed by atoms with van der Waals surface area (Å²) >= 11 is 0. The van der Waals surface area contributed by atoms with Crippen molar-refractivity contribution in [3.8, 4) is 0 Å². The van der Waals surface area contributed by atoms with Crippen LogP contribution in [0.3, 0.4) is 0 Å². The van der Waals surface area contributed by atoms with Gasteiger partial charge in [0.15, 0.2) is 0 Å². The topological polar surface area (TPSA) is 64.7 Å². The van der Waals surface area contributed by atoms with Crippen molar-refractivity contribution < 1.29 is 9.59 Å². The van der Waals surface area contributed by atoms with E-state index in [4.69, 9.17) is 0 Å². The zero-order chi connectivity index (χ0) is 19.9. The van der Waals surface area contributed by atoms with E-state index in [2.05, 4.69) is 56.8 Å². The minimum absolute atomic E-state index is 0.00768. The third-order valence-electron chi connectivity index (χ3n) is 4.90. The Balaban J connectivity index is 1.47. The molecule has 0 spiro atoms. The van der Waals surface area contributed by atoms with Crippen LogP contribution >= 0.6 is 0 Å². The van der Waals surface area contributed by atoms with Crippen molar-refractivity contribution in [2.45, 2.75) is 26.9 Å². The number of benzene rings is 2. The van der Waals surface area contributed by atoms with Crippen LogP contribution in [0.5, 0.6) is 0 Å². The maximum atomic E-state index is 11.1. The molecule has 0 saturated carbocycles. The van der Waals surface area contributed by atoms with Gasteiger partial charge in [-0.1, -0.05) is 24.3 Å². The number of amides is 2. The number of hydrogen-bond donors (Lipinski definition) is 2. The van der Waals surface area contributed by atoms with Gasteiger partial charge in [0.25, 0.3) is 0 Å². The van der Waals surface area contributed by atoms with E-state index in [1.54, 1.807) is 0 Å². The largest absolute Gasteiger partial charge is 0.369 e. The summed E-state index contributed by atoms with van der Waals surface area (Å²) in [6, 6.07) is 16.5. The molecule has 148 valence electrons. The molecule has 6 heteroatoms. The number of rotatable bonds is 6. The van der Waals surface area contributed by atoms with Crippen LogP contribution in [0.15, 0.2) is 48.5 Å². The fraction of sp³-hybridized carbons (Fsp3) is 0.364. The number of carbonyl (C=O) groups is 2. The van der Waals surface area contributed by atoms with Crippen LogP contribution in [0, 0.1) is 0 Å². The van der Waals surface area contributed by atoms with Gasteiger partial charge in [-0.15, -0.1) is 0 Å². The van der Waals surface area contributed by atoms with Gasteiger partial charge in [-0.05, 0) is 35.4 Å². The van der Waals surface area contributed by atoms with Crippen LogP contribution in [-0.2, 0) is 22.7 Å². The highest BCUT2D eigenvalue weighted by atomic mass is 16.2. The monoisotopic (exact) mass is 380 g/mol. The molecule has 1 aliphatic rings. The number of piperazine rings is 1. The molecule has 1 heterocycles. The van der Waals surface area contributed by atoms with Gasteiger partial charge in [-0.2, -0.15) is 0 Å². The highest BCUT2D eigenvalue weighted by Crippen LogP contribution is 2.20. The molecule has 0 bridgehead atoms. The number of anilines is 2. The van der Waals surface area contributed by atoms with E-state index < -0.39 is 0 Å². The first kappa shape index (κ1) is 19.9. The van der Waals surface area contributed by atoms with Gasteiger partial charge in [0.05, 0.1) is 0 Å². The Hall–Kier alpha value is -2.86. The third kappa shape index (κ3) is 5.82. The van der Waals surface area contributed by atoms with Gasteiger partial charge in [0, 0.05) is 64.5 Å². The Morgan fingerprint density at radius 1 is 0.821 bits per heavy atom. The van der Waals surface area contributed by atoms with Crippen molar-refractivity contribution in [1.82, 2.24) is 10.2 Å². The van der Waals surface area contributed by atoms with Crippen molar-refractivity contribution in [3.63, 3.8) is 0 Å². The van der Waals surface area contributed by atoms with E-state index in [9.17, 15) is 9.59 Å². The fourth-order valence-corrected chi connectivity index (χ4v) is 3.37. The SMILES string of the molecule is CC(=O)NCc1ccc(CN2CCN(c3ccc(NC(C)=O)cc3)CC2)cc1. The zero-order valence-electron chi connectivity index (χ0n) is 16.6. The lowest BCUT2D eigenvalue weighted by Crippen LogP contribution is -2.45. The standard InChI is InChI=1S/C22H28N4O2/c1-17(27)23-15-19-3-5-20(6-4-19)16-25-11-13-26(14-12-25)22-9-7-21(8-10-22)24-18(2)28/h3-10H,11-16H2,1-2H3,(H,23,27)(H,24,28). The summed E-state index contributed by atoms with van der Waals surface area (Å²) in [5.74, 6) is -0.0591. The molecule has 6 nitrogen and oxygen atoms in total. The second-order valence-electron chi connectivity index (χ2n) is 7.22. The fourth-order valence-electron chi connectivity index (χ4n) is 3.37. The van der Waals surface area contributed by atoms with Crippen molar-refractivity contribution in [1.29, 1.82) is 0 Å². The minimum Gasteiger partial charge on any atom is -0.369 e. The first-order chi connectivity index (χ1) is 13.5. The van der Waals surface area contributed by atoms with Gasteiger partial charge in [0.1, 0.15) is 0 Å². The lowest BCUT2D eigenvalue weighted by atomic mass is 10.1. The summed E-state index contributed by atoms with van der Waals surface area (Å²) in [6.45, 7) is 8.57. The molecule has 0 atom stereocenters. The van der Waals surface area contributed by atoms with E-state index in [1.807, 2.05) is 12.1 Å². The van der Waals surface area contributed by atoms with E-state index in [-0.39, 0.29) is 11.8 Å². The summed E-state index contributed by atoms with van der Waals surface area (Å²) in [4.78, 5) is 27.0. The average molecular weight is 380 g/mol. The second-order valence-corrected chi connectivity index (χ2v) is 7.22. The van der Waals surface area contributed by atoms with Gasteiger partial charge in [-0.25, -0.2) is 0 Å². The highest BCUT2D eigenvalue weighted by Gasteiger charge is 2.17. The molecule has 2 aromatic carbocycles. The normalized spacial score (nSPS) is 14.6. The molecule has 0 aliphatic carbocycles. The minimum atomic E-state index is -0.0514. The Kier molecular flexibility index (Phi) is 6.66. The van der Waals surface area contributed by atoms with Crippen LogP contribution in [-0.4, -0.2) is 42.9 Å². The third-order valence-corrected chi connectivity index (χ3v) is 4.90. The summed E-state index contributed by atoms with van der Waals surface area (Å²) in [6.07, 6.45) is 0. The molecular weight excluding hydrogens is 352 g/mol. The highest BCUT2D eigenvalue weighted by molar-refractivity contribution is 5.88. The van der Waals surface area contributed by atoms with Crippen LogP contribution in [0.1, 0.15) is 25.0 Å². The lowest BCUT2D eigenvalue weighted by molar-refractivity contribution is -0.119. The Labute approximate surface area is 166 Å². The average Bonchev–Trinajstić information content (AvgIpc) is 2.68. The van der Waals surface area contributed by atoms with Gasteiger partial charge in [0.2, 0.25) is 11.8 Å². The van der Waals surface area contributed by atoms with Crippen molar-refractivity contribution in [2.24, 2.45) is 0 Å². The van der Waals surface area contributed by atoms with E-state index in [0.29, 0.717) is 6.54 Å². The number of hydrogen-bond acceptors (Lipinski definition) is 4. The summed E-state index contributed by atoms with van der Waals surface area (Å²) < 4.78 is 0. The number of nitrogens with one attached hydrogen (secondary N) is 2. The quantitative estimate of drug-likeness (QED) is 0.809. The summed E-state index contributed by atoms with van der Waals surface area (Å²) in [7, 11) is 0. The molecule has 0 aromatic heterocycles. The molecular formula is C22H28N4O2. The lowest BCUT2D eigenvalue weighted by Gasteiger charge is -2.36. The van der Waals surface area contributed by atoms with E-state index >= 15 is 0 Å². The molecule has 0 radical (unpaired) electrons. The predicted molar refractivity (Wildman–Crippen MR) is 112 cm³/mol. The van der Waals surface area contributed by atoms with Crippen molar-refractivity contribution >= 4 is 23.2 Å². The molecule has 1 aliphatic heterocycles. The predicted octanol–water partition coefficient (Wildman–Crippen LogP) is 2.60. The van der Waals surface area contributed by atoms with Gasteiger partial charge in [-0.3, -0.25) is 14.5 Å². The van der Waals surface area contributed by atoms with Crippen LogP contribution in [0.25, 0.3) is 0 Å². The Morgan fingerprint density at radius 3 is 2.00 bits per heavy atom. The van der Waals surface area contributed by atoms with E-state index in [0.717, 1.165) is 44.0 Å².